The molecule has 1 saturated heterocycles. The third-order valence-electron chi connectivity index (χ3n) is 7.20. The maximum atomic E-state index is 15.1. The largest absolute Gasteiger partial charge is 0.462 e. The molecule has 1 aliphatic carbocycles. The molecule has 1 heterocycles. The Morgan fingerprint density at radius 3 is 2.49 bits per heavy atom. The second-order valence-electron chi connectivity index (χ2n) is 9.55. The van der Waals surface area contributed by atoms with Crippen LogP contribution in [0.2, 0.25) is 0 Å². The molecular formula is C26H34F2INO4S. The van der Waals surface area contributed by atoms with Crippen molar-refractivity contribution in [3.05, 3.63) is 29.8 Å². The Balaban J connectivity index is 2.05. The number of halogens is 3. The molecule has 0 spiro atoms. The summed E-state index contributed by atoms with van der Waals surface area (Å²) >= 11 is 2.22. The van der Waals surface area contributed by atoms with Gasteiger partial charge in [-0.3, -0.25) is 0 Å². The van der Waals surface area contributed by atoms with Gasteiger partial charge < -0.3 is 4.74 Å². The van der Waals surface area contributed by atoms with Gasteiger partial charge in [0.1, 0.15) is 0 Å². The van der Waals surface area contributed by atoms with Crippen LogP contribution in [0.1, 0.15) is 57.4 Å². The summed E-state index contributed by atoms with van der Waals surface area (Å²) in [6.45, 7) is 3.18. The summed E-state index contributed by atoms with van der Waals surface area (Å²) in [7, 11) is -3.91. The van der Waals surface area contributed by atoms with E-state index in [0.717, 1.165) is 42.1 Å². The van der Waals surface area contributed by atoms with Crippen molar-refractivity contribution in [2.75, 3.05) is 24.1 Å². The maximum absolute atomic E-state index is 15.1. The Kier molecular flexibility index (Phi) is 9.60. The van der Waals surface area contributed by atoms with Gasteiger partial charge in [-0.1, -0.05) is 65.5 Å². The Morgan fingerprint density at radius 1 is 1.23 bits per heavy atom. The molecular weight excluding hydrogens is 587 g/mol. The zero-order chi connectivity index (χ0) is 25.7. The first-order chi connectivity index (χ1) is 16.6. The third-order valence-corrected chi connectivity index (χ3v) is 9.57. The van der Waals surface area contributed by atoms with Gasteiger partial charge in [0.2, 0.25) is 10.0 Å². The van der Waals surface area contributed by atoms with E-state index >= 15 is 8.78 Å². The first-order valence-electron chi connectivity index (χ1n) is 12.2. The Morgan fingerprint density at radius 2 is 1.89 bits per heavy atom. The predicted octanol–water partition coefficient (Wildman–Crippen LogP) is 5.60. The average Bonchev–Trinajstić information content (AvgIpc) is 3.19. The molecule has 0 bridgehead atoms. The monoisotopic (exact) mass is 621 g/mol. The first-order valence-corrected chi connectivity index (χ1v) is 15.2. The number of benzene rings is 1. The Labute approximate surface area is 221 Å². The lowest BCUT2D eigenvalue weighted by Crippen LogP contribution is -2.43. The van der Waals surface area contributed by atoms with Gasteiger partial charge in [-0.05, 0) is 50.7 Å². The topological polar surface area (TPSA) is 63.7 Å². The molecule has 1 aromatic rings. The summed E-state index contributed by atoms with van der Waals surface area (Å²) in [5.41, 5.74) is -0.00142. The van der Waals surface area contributed by atoms with Gasteiger partial charge in [0.15, 0.2) is 0 Å². The van der Waals surface area contributed by atoms with Crippen LogP contribution in [-0.4, -0.2) is 48.7 Å². The molecule has 194 valence electrons. The number of hydrogen-bond donors (Lipinski definition) is 0. The van der Waals surface area contributed by atoms with E-state index in [9.17, 15) is 13.2 Å². The zero-order valence-corrected chi connectivity index (χ0v) is 23.3. The van der Waals surface area contributed by atoms with Crippen LogP contribution in [-0.2, 0) is 19.6 Å². The van der Waals surface area contributed by atoms with Crippen molar-refractivity contribution < 1.29 is 26.7 Å². The van der Waals surface area contributed by atoms with E-state index in [2.05, 4.69) is 39.2 Å². The van der Waals surface area contributed by atoms with Gasteiger partial charge >= 0.3 is 11.9 Å². The van der Waals surface area contributed by atoms with Crippen LogP contribution in [0.15, 0.2) is 29.2 Å². The minimum Gasteiger partial charge on any atom is -0.462 e. The lowest BCUT2D eigenvalue weighted by Gasteiger charge is -2.40. The Bertz CT molecular complexity index is 1050. The van der Waals surface area contributed by atoms with Crippen molar-refractivity contribution in [3.63, 3.8) is 0 Å². The van der Waals surface area contributed by atoms with Crippen molar-refractivity contribution in [3.8, 4) is 11.8 Å². The van der Waals surface area contributed by atoms with Crippen LogP contribution < -0.4 is 0 Å². The summed E-state index contributed by atoms with van der Waals surface area (Å²) < 4.78 is 64.0. The quantitative estimate of drug-likeness (QED) is 0.164. The van der Waals surface area contributed by atoms with Gasteiger partial charge in [0.05, 0.1) is 16.9 Å². The highest BCUT2D eigenvalue weighted by molar-refractivity contribution is 14.1. The molecule has 0 aromatic heterocycles. The lowest BCUT2D eigenvalue weighted by atomic mass is 9.62. The molecule has 2 aliphatic rings. The van der Waals surface area contributed by atoms with E-state index in [1.165, 1.54) is 11.2 Å². The standard InChI is InChI=1S/C26H34F2INO4S/c1-3-34-24(31)26(27,28)17-22-18-30(35(32,33)23-13-11-20(2)12-14-23)19-25(22,15-7-8-16-29)21-9-5-4-6-10-21/h11-14,21-22H,3-6,8-10,16-19H2,1-2H3. The average molecular weight is 622 g/mol. The van der Waals surface area contributed by atoms with Crippen molar-refractivity contribution in [2.24, 2.45) is 17.3 Å². The molecule has 9 heteroatoms. The number of alkyl halides is 3. The summed E-state index contributed by atoms with van der Waals surface area (Å²) in [6, 6.07) is 6.55. The summed E-state index contributed by atoms with van der Waals surface area (Å²) in [4.78, 5) is 12.2. The highest BCUT2D eigenvalue weighted by Gasteiger charge is 2.57. The van der Waals surface area contributed by atoms with Gasteiger partial charge in [-0.2, -0.15) is 13.1 Å². The minimum atomic E-state index is -3.91. The van der Waals surface area contributed by atoms with E-state index in [0.29, 0.717) is 6.42 Å². The number of aryl methyl sites for hydroxylation is 1. The number of carbonyl (C=O) groups is 1. The smallest absolute Gasteiger partial charge is 0.376 e. The molecule has 1 saturated carbocycles. The summed E-state index contributed by atoms with van der Waals surface area (Å²) in [5, 5.41) is 0. The van der Waals surface area contributed by atoms with Crippen LogP contribution in [0.25, 0.3) is 0 Å². The van der Waals surface area contributed by atoms with Crippen molar-refractivity contribution in [2.45, 2.75) is 69.6 Å². The zero-order valence-electron chi connectivity index (χ0n) is 20.4. The number of carbonyl (C=O) groups excluding carboxylic acids is 1. The fourth-order valence-corrected chi connectivity index (χ4v) is 7.22. The van der Waals surface area contributed by atoms with Crippen LogP contribution in [0.3, 0.4) is 0 Å². The van der Waals surface area contributed by atoms with Gasteiger partial charge in [0.25, 0.3) is 0 Å². The highest BCUT2D eigenvalue weighted by Crippen LogP contribution is 2.52. The SMILES string of the molecule is CCOC(=O)C(F)(F)CC1CN(S(=O)(=O)c2ccc(C)cc2)CC1(C#CCCI)C1CCCCC1. The fraction of sp³-hybridized carbons (Fsp3) is 0.654. The minimum absolute atomic E-state index is 0.000764. The first kappa shape index (κ1) is 28.3. The molecule has 2 atom stereocenters. The van der Waals surface area contributed by atoms with Gasteiger partial charge in [-0.25, -0.2) is 13.2 Å². The third kappa shape index (κ3) is 6.37. The predicted molar refractivity (Wildman–Crippen MR) is 140 cm³/mol. The number of esters is 1. The molecule has 0 radical (unpaired) electrons. The summed E-state index contributed by atoms with van der Waals surface area (Å²) in [6.07, 6.45) is 4.46. The van der Waals surface area contributed by atoms with Crippen LogP contribution in [0, 0.1) is 36.0 Å². The molecule has 1 aliphatic heterocycles. The van der Waals surface area contributed by atoms with E-state index < -0.39 is 39.7 Å². The maximum Gasteiger partial charge on any atom is 0.376 e. The van der Waals surface area contributed by atoms with Crippen molar-refractivity contribution in [1.29, 1.82) is 0 Å². The number of hydrogen-bond acceptors (Lipinski definition) is 4. The van der Waals surface area contributed by atoms with Gasteiger partial charge in [-0.15, -0.1) is 5.92 Å². The normalized spacial score (nSPS) is 24.1. The Hall–Kier alpha value is -1.25. The van der Waals surface area contributed by atoms with E-state index in [-0.39, 0.29) is 30.5 Å². The second kappa shape index (κ2) is 11.9. The van der Waals surface area contributed by atoms with Crippen molar-refractivity contribution >= 4 is 38.6 Å². The van der Waals surface area contributed by atoms with Crippen LogP contribution >= 0.6 is 22.6 Å². The van der Waals surface area contributed by atoms with E-state index in [1.807, 2.05) is 6.92 Å². The van der Waals surface area contributed by atoms with Gasteiger partial charge in [0, 0.05) is 30.4 Å². The lowest BCUT2D eigenvalue weighted by molar-refractivity contribution is -0.175. The number of nitrogens with zero attached hydrogens (tertiary/aromatic N) is 1. The number of sulfonamides is 1. The summed E-state index contributed by atoms with van der Waals surface area (Å²) in [5.74, 6) is 0.433. The fourth-order valence-electron chi connectivity index (χ4n) is 5.41. The molecule has 3 rings (SSSR count). The van der Waals surface area contributed by atoms with Crippen LogP contribution in [0.4, 0.5) is 8.78 Å². The number of ether oxygens (including phenoxy) is 1. The van der Waals surface area contributed by atoms with Crippen LogP contribution in [0.5, 0.6) is 0 Å². The molecule has 5 nitrogen and oxygen atoms in total. The number of rotatable bonds is 8. The molecule has 1 aromatic carbocycles. The molecule has 0 N–H and O–H groups in total. The van der Waals surface area contributed by atoms with E-state index in [1.54, 1.807) is 24.3 Å². The van der Waals surface area contributed by atoms with Crippen molar-refractivity contribution in [1.82, 2.24) is 4.31 Å². The molecule has 0 amide bonds. The highest BCUT2D eigenvalue weighted by atomic mass is 127. The molecule has 2 fully saturated rings. The second-order valence-corrected chi connectivity index (χ2v) is 12.6. The molecule has 2 unspecified atom stereocenters. The molecule has 35 heavy (non-hydrogen) atoms. The van der Waals surface area contributed by atoms with E-state index in [4.69, 9.17) is 0 Å².